The molecule has 3 heterocycles. The monoisotopic (exact) mass is 409 g/mol. The maximum Gasteiger partial charge on any atom is 0.268 e. The van der Waals surface area contributed by atoms with Crippen LogP contribution in [0.3, 0.4) is 0 Å². The van der Waals surface area contributed by atoms with E-state index in [0.717, 1.165) is 21.7 Å². The topological polar surface area (TPSA) is 88.2 Å². The fraction of sp³-hybridized carbons (Fsp3) is 0.381. The van der Waals surface area contributed by atoms with E-state index >= 15 is 0 Å². The molecular weight excluding hydrogens is 386 g/mol. The lowest BCUT2D eigenvalue weighted by Crippen LogP contribution is -2.45. The largest absolute Gasteiger partial charge is 0.476 e. The third-order valence-electron chi connectivity index (χ3n) is 5.40. The van der Waals surface area contributed by atoms with Crippen molar-refractivity contribution in [2.45, 2.75) is 51.2 Å². The maximum absolute atomic E-state index is 12.2. The molecule has 0 atom stereocenters. The Labute approximate surface area is 172 Å². The van der Waals surface area contributed by atoms with Gasteiger partial charge in [0.05, 0.1) is 15.9 Å². The normalized spacial score (nSPS) is 18.2. The lowest BCUT2D eigenvalue weighted by molar-refractivity contribution is -0.129. The van der Waals surface area contributed by atoms with Crippen molar-refractivity contribution < 1.29 is 9.53 Å². The molecule has 1 amide bonds. The minimum absolute atomic E-state index is 0.166. The number of amides is 1. The van der Waals surface area contributed by atoms with Gasteiger partial charge in [-0.25, -0.2) is 4.98 Å². The average Bonchev–Trinajstić information content (AvgIpc) is 3.34. The quantitative estimate of drug-likeness (QED) is 0.568. The second-order valence-corrected chi connectivity index (χ2v) is 8.98. The summed E-state index contributed by atoms with van der Waals surface area (Å²) in [5.41, 5.74) is 1.47. The number of hydrogen-bond donors (Lipinski definition) is 3. The molecule has 0 radical (unpaired) electrons. The Balaban J connectivity index is 1.43. The molecule has 1 aliphatic carbocycles. The number of nitrogens with zero attached hydrogens (tertiary/aromatic N) is 2. The summed E-state index contributed by atoms with van der Waals surface area (Å²) in [7, 11) is 0. The van der Waals surface area contributed by atoms with E-state index in [-0.39, 0.29) is 5.91 Å². The van der Waals surface area contributed by atoms with E-state index in [1.54, 1.807) is 25.2 Å². The highest BCUT2D eigenvalue weighted by Crippen LogP contribution is 2.36. The standard InChI is InChI=1S/C21H23N5O2S/c1-21(2)19(27)24-15-11-13(7-8-16(15)28-21)23-20-25-14-9-10-29-17(14)18(26-20)22-12-5-3-4-6-12/h7-12H,3-6H2,1-2H3,(H,24,27)(H2,22,23,25,26). The van der Waals surface area contributed by atoms with Crippen molar-refractivity contribution in [1.82, 2.24) is 9.97 Å². The number of hydrogen-bond acceptors (Lipinski definition) is 7. The SMILES string of the molecule is CC1(C)Oc2ccc(Nc3nc(NC4CCCC4)c4sccc4n3)cc2NC1=O. The van der Waals surface area contributed by atoms with Gasteiger partial charge in [0.2, 0.25) is 5.95 Å². The summed E-state index contributed by atoms with van der Waals surface area (Å²) < 4.78 is 6.88. The number of fused-ring (bicyclic) bond motifs is 2. The molecule has 1 fully saturated rings. The Bertz CT molecular complexity index is 1090. The molecule has 0 unspecified atom stereocenters. The second kappa shape index (κ2) is 6.88. The predicted octanol–water partition coefficient (Wildman–Crippen LogP) is 4.90. The number of benzene rings is 1. The molecule has 3 aromatic rings. The molecule has 29 heavy (non-hydrogen) atoms. The van der Waals surface area contributed by atoms with Crippen molar-refractivity contribution >= 4 is 50.6 Å². The van der Waals surface area contributed by atoms with E-state index in [0.29, 0.717) is 23.4 Å². The van der Waals surface area contributed by atoms with Crippen LogP contribution in [-0.4, -0.2) is 27.5 Å². The summed E-state index contributed by atoms with van der Waals surface area (Å²) in [5, 5.41) is 11.8. The van der Waals surface area contributed by atoms with Crippen LogP contribution in [0.1, 0.15) is 39.5 Å². The molecule has 2 aromatic heterocycles. The maximum atomic E-state index is 12.2. The Morgan fingerprint density at radius 1 is 1.21 bits per heavy atom. The summed E-state index contributed by atoms with van der Waals surface area (Å²) >= 11 is 1.65. The molecule has 7 nitrogen and oxygen atoms in total. The Morgan fingerprint density at radius 3 is 2.86 bits per heavy atom. The number of ether oxygens (including phenoxy) is 1. The van der Waals surface area contributed by atoms with Crippen LogP contribution in [0.2, 0.25) is 0 Å². The van der Waals surface area contributed by atoms with E-state index in [1.807, 2.05) is 29.6 Å². The summed E-state index contributed by atoms with van der Waals surface area (Å²) in [6, 6.07) is 8.07. The molecule has 0 spiro atoms. The van der Waals surface area contributed by atoms with Crippen LogP contribution in [0, 0.1) is 0 Å². The van der Waals surface area contributed by atoms with E-state index in [1.165, 1.54) is 25.7 Å². The van der Waals surface area contributed by atoms with Gasteiger partial charge in [0.1, 0.15) is 11.6 Å². The van der Waals surface area contributed by atoms with E-state index in [9.17, 15) is 4.79 Å². The molecule has 3 N–H and O–H groups in total. The minimum atomic E-state index is -0.879. The molecule has 2 aliphatic rings. The third kappa shape index (κ3) is 3.48. The molecule has 150 valence electrons. The Kier molecular flexibility index (Phi) is 4.31. The number of thiophene rings is 1. The average molecular weight is 410 g/mol. The molecule has 0 saturated heterocycles. The molecule has 1 aliphatic heterocycles. The van der Waals surface area contributed by atoms with Crippen LogP contribution in [-0.2, 0) is 4.79 Å². The van der Waals surface area contributed by atoms with Gasteiger partial charge in [-0.05, 0) is 56.3 Å². The van der Waals surface area contributed by atoms with Crippen LogP contribution in [0.5, 0.6) is 5.75 Å². The van der Waals surface area contributed by atoms with Gasteiger partial charge in [-0.2, -0.15) is 4.98 Å². The first kappa shape index (κ1) is 18.2. The fourth-order valence-corrected chi connectivity index (χ4v) is 4.58. The summed E-state index contributed by atoms with van der Waals surface area (Å²) in [6.45, 7) is 3.50. The smallest absolute Gasteiger partial charge is 0.268 e. The second-order valence-electron chi connectivity index (χ2n) is 8.06. The molecule has 1 aromatic carbocycles. The van der Waals surface area contributed by atoms with Crippen molar-refractivity contribution in [2.75, 3.05) is 16.0 Å². The van der Waals surface area contributed by atoms with Crippen LogP contribution in [0.25, 0.3) is 10.2 Å². The highest BCUT2D eigenvalue weighted by Gasteiger charge is 2.35. The number of rotatable bonds is 4. The predicted molar refractivity (Wildman–Crippen MR) is 116 cm³/mol. The lowest BCUT2D eigenvalue weighted by Gasteiger charge is -2.31. The van der Waals surface area contributed by atoms with Gasteiger partial charge >= 0.3 is 0 Å². The van der Waals surface area contributed by atoms with Crippen LogP contribution in [0.4, 0.5) is 23.1 Å². The Morgan fingerprint density at radius 2 is 2.03 bits per heavy atom. The zero-order chi connectivity index (χ0) is 20.0. The first-order chi connectivity index (χ1) is 14.0. The highest BCUT2D eigenvalue weighted by atomic mass is 32.1. The van der Waals surface area contributed by atoms with Gasteiger partial charge in [0.25, 0.3) is 5.91 Å². The summed E-state index contributed by atoms with van der Waals surface area (Å²) in [4.78, 5) is 21.6. The zero-order valence-corrected chi connectivity index (χ0v) is 17.2. The van der Waals surface area contributed by atoms with E-state index in [2.05, 4.69) is 20.9 Å². The van der Waals surface area contributed by atoms with Crippen molar-refractivity contribution in [3.8, 4) is 5.75 Å². The molecular formula is C21H23N5O2S. The van der Waals surface area contributed by atoms with Crippen LogP contribution >= 0.6 is 11.3 Å². The number of aromatic nitrogens is 2. The summed E-state index contributed by atoms with van der Waals surface area (Å²) in [6.07, 6.45) is 4.89. The van der Waals surface area contributed by atoms with Gasteiger partial charge in [-0.15, -0.1) is 11.3 Å². The van der Waals surface area contributed by atoms with Crippen molar-refractivity contribution in [3.63, 3.8) is 0 Å². The number of carbonyl (C=O) groups is 1. The van der Waals surface area contributed by atoms with Crippen molar-refractivity contribution in [3.05, 3.63) is 29.6 Å². The number of anilines is 4. The zero-order valence-electron chi connectivity index (χ0n) is 16.4. The molecule has 1 saturated carbocycles. The van der Waals surface area contributed by atoms with Gasteiger partial charge in [0.15, 0.2) is 5.60 Å². The summed E-state index contributed by atoms with van der Waals surface area (Å²) in [5.74, 6) is 1.90. The first-order valence-electron chi connectivity index (χ1n) is 9.91. The number of nitrogens with one attached hydrogen (secondary N) is 3. The Hall–Kier alpha value is -2.87. The lowest BCUT2D eigenvalue weighted by atomic mass is 10.1. The molecule has 5 rings (SSSR count). The molecule has 8 heteroatoms. The minimum Gasteiger partial charge on any atom is -0.476 e. The van der Waals surface area contributed by atoms with Gasteiger partial charge in [-0.3, -0.25) is 4.79 Å². The van der Waals surface area contributed by atoms with Crippen molar-refractivity contribution in [1.29, 1.82) is 0 Å². The van der Waals surface area contributed by atoms with Crippen LogP contribution < -0.4 is 20.7 Å². The van der Waals surface area contributed by atoms with Gasteiger partial charge in [-0.1, -0.05) is 12.8 Å². The molecule has 0 bridgehead atoms. The van der Waals surface area contributed by atoms with Gasteiger partial charge in [0, 0.05) is 11.7 Å². The fourth-order valence-electron chi connectivity index (χ4n) is 3.80. The highest BCUT2D eigenvalue weighted by molar-refractivity contribution is 7.17. The van der Waals surface area contributed by atoms with Crippen molar-refractivity contribution in [2.24, 2.45) is 0 Å². The van der Waals surface area contributed by atoms with E-state index < -0.39 is 5.60 Å². The van der Waals surface area contributed by atoms with E-state index in [4.69, 9.17) is 9.72 Å². The number of carbonyl (C=O) groups excluding carboxylic acids is 1. The van der Waals surface area contributed by atoms with Crippen LogP contribution in [0.15, 0.2) is 29.6 Å². The van der Waals surface area contributed by atoms with Gasteiger partial charge < -0.3 is 20.7 Å². The first-order valence-corrected chi connectivity index (χ1v) is 10.8. The third-order valence-corrected chi connectivity index (χ3v) is 6.31.